The van der Waals surface area contributed by atoms with Crippen molar-refractivity contribution in [3.63, 3.8) is 0 Å². The van der Waals surface area contributed by atoms with Crippen molar-refractivity contribution >= 4 is 27.7 Å². The van der Waals surface area contributed by atoms with Crippen LogP contribution in [0.4, 0.5) is 11.8 Å². The molecule has 0 bridgehead atoms. The third kappa shape index (κ3) is 3.62. The number of methoxy groups -OCH3 is 2. The highest BCUT2D eigenvalue weighted by Crippen LogP contribution is 2.31. The molecule has 7 heteroatoms. The first-order valence-electron chi connectivity index (χ1n) is 7.13. The molecule has 0 saturated carbocycles. The Hall–Kier alpha value is -2.67. The number of aromatic nitrogens is 3. The first-order valence-corrected chi connectivity index (χ1v) is 7.93. The number of hydrogen-bond acceptors (Lipinski definition) is 6. The van der Waals surface area contributed by atoms with Crippen LogP contribution in [0.2, 0.25) is 0 Å². The van der Waals surface area contributed by atoms with Crippen molar-refractivity contribution in [1.29, 1.82) is 0 Å². The van der Waals surface area contributed by atoms with Crippen LogP contribution >= 0.6 is 15.9 Å². The smallest absolute Gasteiger partial charge is 0.228 e. The van der Waals surface area contributed by atoms with Crippen LogP contribution in [0, 0.1) is 0 Å². The van der Waals surface area contributed by atoms with Crippen molar-refractivity contribution in [2.75, 3.05) is 19.5 Å². The van der Waals surface area contributed by atoms with Crippen LogP contribution in [0.15, 0.2) is 53.3 Å². The largest absolute Gasteiger partial charge is 0.493 e. The fraction of sp³-hybridized carbons (Fsp3) is 0.118. The molecule has 6 nitrogen and oxygen atoms in total. The van der Waals surface area contributed by atoms with Gasteiger partial charge in [-0.05, 0) is 52.3 Å². The van der Waals surface area contributed by atoms with Gasteiger partial charge in [-0.1, -0.05) is 0 Å². The maximum Gasteiger partial charge on any atom is 0.228 e. The third-order valence-corrected chi connectivity index (χ3v) is 3.77. The molecule has 3 rings (SSSR count). The van der Waals surface area contributed by atoms with E-state index in [9.17, 15) is 0 Å². The van der Waals surface area contributed by atoms with E-state index in [0.717, 1.165) is 15.7 Å². The minimum atomic E-state index is 0.470. The van der Waals surface area contributed by atoms with E-state index >= 15 is 0 Å². The maximum absolute atomic E-state index is 5.34. The average Bonchev–Trinajstić information content (AvgIpc) is 2.63. The Morgan fingerprint density at radius 3 is 2.50 bits per heavy atom. The molecule has 0 fully saturated rings. The van der Waals surface area contributed by atoms with Crippen molar-refractivity contribution in [2.45, 2.75) is 0 Å². The van der Waals surface area contributed by atoms with Gasteiger partial charge in [0.1, 0.15) is 5.82 Å². The number of benzene rings is 1. The van der Waals surface area contributed by atoms with E-state index in [0.29, 0.717) is 23.3 Å². The Bertz CT molecular complexity index is 840. The topological polar surface area (TPSA) is 69.2 Å². The maximum atomic E-state index is 5.34. The van der Waals surface area contributed by atoms with E-state index in [4.69, 9.17) is 9.47 Å². The number of pyridine rings is 1. The number of hydrogen-bond donors (Lipinski definition) is 1. The van der Waals surface area contributed by atoms with Gasteiger partial charge in [-0.3, -0.25) is 0 Å². The molecule has 2 heterocycles. The summed E-state index contributed by atoms with van der Waals surface area (Å²) >= 11 is 3.35. The monoisotopic (exact) mass is 386 g/mol. The minimum Gasteiger partial charge on any atom is -0.493 e. The van der Waals surface area contributed by atoms with Crippen LogP contribution in [0.1, 0.15) is 0 Å². The Morgan fingerprint density at radius 1 is 0.958 bits per heavy atom. The molecule has 3 aromatic rings. The Kier molecular flexibility index (Phi) is 4.90. The molecule has 0 saturated heterocycles. The van der Waals surface area contributed by atoms with Crippen molar-refractivity contribution in [3.8, 4) is 22.8 Å². The van der Waals surface area contributed by atoms with Crippen LogP contribution in [0.5, 0.6) is 11.5 Å². The highest BCUT2D eigenvalue weighted by atomic mass is 79.9. The quantitative estimate of drug-likeness (QED) is 0.712. The van der Waals surface area contributed by atoms with Crippen LogP contribution in [0.25, 0.3) is 11.3 Å². The standard InChI is InChI=1S/C17H15BrN4O2/c1-23-14-5-3-11(9-15(14)24-2)13-7-8-19-17(21-13)22-16-6-4-12(18)10-20-16/h3-10H,1-2H3,(H,19,20,21,22). The number of ether oxygens (including phenoxy) is 2. The summed E-state index contributed by atoms with van der Waals surface area (Å²) in [7, 11) is 3.21. The first kappa shape index (κ1) is 16.2. The second-order valence-corrected chi connectivity index (χ2v) is 5.74. The number of nitrogens with zero attached hydrogens (tertiary/aromatic N) is 3. The average molecular weight is 387 g/mol. The molecule has 24 heavy (non-hydrogen) atoms. The number of anilines is 2. The molecule has 0 radical (unpaired) electrons. The van der Waals surface area contributed by atoms with E-state index in [-0.39, 0.29) is 0 Å². The zero-order valence-corrected chi connectivity index (χ0v) is 14.7. The predicted molar refractivity (Wildman–Crippen MR) is 95.8 cm³/mol. The predicted octanol–water partition coefficient (Wildman–Crippen LogP) is 4.06. The molecule has 0 aliphatic heterocycles. The van der Waals surface area contributed by atoms with Crippen LogP contribution in [-0.4, -0.2) is 29.2 Å². The first-order chi connectivity index (χ1) is 11.7. The van der Waals surface area contributed by atoms with Gasteiger partial charge >= 0.3 is 0 Å². The van der Waals surface area contributed by atoms with E-state index in [2.05, 4.69) is 36.2 Å². The highest BCUT2D eigenvalue weighted by molar-refractivity contribution is 9.10. The van der Waals surface area contributed by atoms with Crippen LogP contribution < -0.4 is 14.8 Å². The number of halogens is 1. The molecule has 1 aromatic carbocycles. The van der Waals surface area contributed by atoms with Crippen molar-refractivity contribution in [2.24, 2.45) is 0 Å². The molecule has 0 amide bonds. The van der Waals surface area contributed by atoms with Crippen molar-refractivity contribution < 1.29 is 9.47 Å². The summed E-state index contributed by atoms with van der Waals surface area (Å²) in [6.45, 7) is 0. The number of rotatable bonds is 5. The summed E-state index contributed by atoms with van der Waals surface area (Å²) in [5.74, 6) is 2.46. The van der Waals surface area contributed by atoms with Gasteiger partial charge in [0.15, 0.2) is 11.5 Å². The fourth-order valence-electron chi connectivity index (χ4n) is 2.14. The second kappa shape index (κ2) is 7.27. The zero-order chi connectivity index (χ0) is 16.9. The molecule has 2 aromatic heterocycles. The molecule has 0 atom stereocenters. The molecule has 122 valence electrons. The fourth-order valence-corrected chi connectivity index (χ4v) is 2.37. The molecule has 0 aliphatic carbocycles. The van der Waals surface area contributed by atoms with E-state index in [1.165, 1.54) is 0 Å². The summed E-state index contributed by atoms with van der Waals surface area (Å²) in [4.78, 5) is 13.0. The van der Waals surface area contributed by atoms with Gasteiger partial charge < -0.3 is 14.8 Å². The van der Waals surface area contributed by atoms with Gasteiger partial charge in [-0.2, -0.15) is 0 Å². The van der Waals surface area contributed by atoms with Crippen molar-refractivity contribution in [3.05, 3.63) is 53.3 Å². The van der Waals surface area contributed by atoms with Crippen LogP contribution in [-0.2, 0) is 0 Å². The van der Waals surface area contributed by atoms with E-state index < -0.39 is 0 Å². The van der Waals surface area contributed by atoms with Gasteiger partial charge in [0.2, 0.25) is 5.95 Å². The Morgan fingerprint density at radius 2 is 1.79 bits per heavy atom. The summed E-state index contributed by atoms with van der Waals surface area (Å²) < 4.78 is 11.5. The lowest BCUT2D eigenvalue weighted by atomic mass is 10.1. The van der Waals surface area contributed by atoms with Gasteiger partial charge in [0.25, 0.3) is 0 Å². The molecular weight excluding hydrogens is 372 g/mol. The Labute approximate surface area is 148 Å². The van der Waals surface area contributed by atoms with E-state index in [1.807, 2.05) is 36.4 Å². The summed E-state index contributed by atoms with van der Waals surface area (Å²) in [6, 6.07) is 11.2. The highest BCUT2D eigenvalue weighted by Gasteiger charge is 2.08. The lowest BCUT2D eigenvalue weighted by Gasteiger charge is -2.10. The molecule has 1 N–H and O–H groups in total. The second-order valence-electron chi connectivity index (χ2n) is 4.82. The summed E-state index contributed by atoms with van der Waals surface area (Å²) in [5, 5.41) is 3.08. The van der Waals surface area contributed by atoms with Crippen LogP contribution in [0.3, 0.4) is 0 Å². The number of nitrogens with one attached hydrogen (secondary N) is 1. The molecular formula is C17H15BrN4O2. The normalized spacial score (nSPS) is 10.3. The minimum absolute atomic E-state index is 0.470. The lowest BCUT2D eigenvalue weighted by Crippen LogP contribution is -1.99. The molecule has 0 spiro atoms. The van der Waals surface area contributed by atoms with Gasteiger partial charge in [-0.15, -0.1) is 0 Å². The van der Waals surface area contributed by atoms with Gasteiger partial charge in [-0.25, -0.2) is 15.0 Å². The van der Waals surface area contributed by atoms with E-state index in [1.54, 1.807) is 26.6 Å². The summed E-state index contributed by atoms with van der Waals surface area (Å²) in [5.41, 5.74) is 1.67. The SMILES string of the molecule is COc1ccc(-c2ccnc(Nc3ccc(Br)cn3)n2)cc1OC. The summed E-state index contributed by atoms with van der Waals surface area (Å²) in [6.07, 6.45) is 3.40. The zero-order valence-electron chi connectivity index (χ0n) is 13.2. The van der Waals surface area contributed by atoms with Crippen molar-refractivity contribution in [1.82, 2.24) is 15.0 Å². The molecule has 0 unspecified atom stereocenters. The van der Waals surface area contributed by atoms with Gasteiger partial charge in [0, 0.05) is 22.4 Å². The van der Waals surface area contributed by atoms with Gasteiger partial charge in [0.05, 0.1) is 19.9 Å². The molecule has 0 aliphatic rings. The Balaban J connectivity index is 1.88. The third-order valence-electron chi connectivity index (χ3n) is 3.30. The lowest BCUT2D eigenvalue weighted by molar-refractivity contribution is 0.355.